The zero-order chi connectivity index (χ0) is 37.0. The molecule has 0 aromatic rings. The maximum absolute atomic E-state index is 12.3. The number of carbonyl (C=O) groups is 2. The highest BCUT2D eigenvalue weighted by Gasteiger charge is 2.27. The number of phosphoric ester groups is 1. The first-order chi connectivity index (χ1) is 24.3. The minimum Gasteiger partial charge on any atom is -0.457 e. The molecule has 0 aromatic carbocycles. The Hall–Kier alpha value is -1.29. The van der Waals surface area contributed by atoms with E-state index >= 15 is 0 Å². The molecule has 10 nitrogen and oxygen atoms in total. The molecule has 0 aromatic heterocycles. The number of esters is 2. The monoisotopic (exact) mass is 735 g/mol. The van der Waals surface area contributed by atoms with Crippen molar-refractivity contribution in [1.82, 2.24) is 0 Å². The van der Waals surface area contributed by atoms with Crippen LogP contribution in [0, 0.1) is 0 Å². The summed E-state index contributed by atoms with van der Waals surface area (Å²) in [6.45, 7) is 2.16. The lowest BCUT2D eigenvalue weighted by Gasteiger charge is -2.20. The van der Waals surface area contributed by atoms with E-state index in [1.165, 1.54) is 109 Å². The minimum absolute atomic E-state index is 0.193. The lowest BCUT2D eigenvalue weighted by atomic mass is 10.1. The molecule has 0 saturated heterocycles. The molecule has 0 aliphatic carbocycles. The van der Waals surface area contributed by atoms with Crippen LogP contribution in [-0.4, -0.2) is 65.7 Å². The fraction of sp³-hybridized carbons (Fsp3) is 0.897. The largest absolute Gasteiger partial charge is 0.472 e. The van der Waals surface area contributed by atoms with Gasteiger partial charge in [0.05, 0.1) is 26.4 Å². The predicted molar refractivity (Wildman–Crippen MR) is 201 cm³/mol. The van der Waals surface area contributed by atoms with Crippen LogP contribution in [0.1, 0.15) is 187 Å². The Kier molecular flexibility index (Phi) is 35.2. The molecule has 0 spiro atoms. The lowest BCUT2D eigenvalue weighted by Crippen LogP contribution is -2.28. The highest BCUT2D eigenvalue weighted by Crippen LogP contribution is 2.43. The zero-order valence-electron chi connectivity index (χ0n) is 31.9. The summed E-state index contributed by atoms with van der Waals surface area (Å²) in [5.74, 6) is -1.02. The van der Waals surface area contributed by atoms with E-state index in [0.717, 1.165) is 38.5 Å². The van der Waals surface area contributed by atoms with Crippen molar-refractivity contribution in [2.45, 2.75) is 199 Å². The van der Waals surface area contributed by atoms with Gasteiger partial charge in [0.15, 0.2) is 0 Å². The average molecular weight is 735 g/mol. The Morgan fingerprint density at radius 3 is 1.14 bits per heavy atom. The van der Waals surface area contributed by atoms with Gasteiger partial charge in [-0.2, -0.15) is 0 Å². The first-order valence-corrected chi connectivity index (χ1v) is 21.6. The summed E-state index contributed by atoms with van der Waals surface area (Å²) in [6.07, 6.45) is 32.1. The summed E-state index contributed by atoms with van der Waals surface area (Å²) >= 11 is 0. The molecule has 0 rings (SSSR count). The molecular formula is C39H75O10P. The van der Waals surface area contributed by atoms with Gasteiger partial charge < -0.3 is 24.6 Å². The molecule has 296 valence electrons. The Morgan fingerprint density at radius 2 is 0.820 bits per heavy atom. The molecule has 0 aliphatic heterocycles. The maximum atomic E-state index is 12.3. The van der Waals surface area contributed by atoms with Gasteiger partial charge in [0.25, 0.3) is 0 Å². The van der Waals surface area contributed by atoms with Crippen molar-refractivity contribution in [3.8, 4) is 0 Å². The third kappa shape index (κ3) is 33.8. The van der Waals surface area contributed by atoms with Gasteiger partial charge in [-0.1, -0.05) is 148 Å². The summed E-state index contributed by atoms with van der Waals surface area (Å²) in [4.78, 5) is 34.3. The fourth-order valence-electron chi connectivity index (χ4n) is 5.58. The van der Waals surface area contributed by atoms with Gasteiger partial charge in [-0.3, -0.25) is 18.6 Å². The molecule has 0 heterocycles. The maximum Gasteiger partial charge on any atom is 0.472 e. The second-order valence-corrected chi connectivity index (χ2v) is 15.1. The molecular weight excluding hydrogens is 659 g/mol. The number of aliphatic hydroxyl groups excluding tert-OH is 2. The van der Waals surface area contributed by atoms with E-state index in [1.807, 2.05) is 0 Å². The van der Waals surface area contributed by atoms with Crippen LogP contribution in [0.25, 0.3) is 0 Å². The summed E-state index contributed by atoms with van der Waals surface area (Å²) in [5, 5.41) is 19.1. The van der Waals surface area contributed by atoms with Crippen molar-refractivity contribution >= 4 is 19.8 Å². The van der Waals surface area contributed by atoms with Crippen LogP contribution in [0.5, 0.6) is 0 Å². The molecule has 3 unspecified atom stereocenters. The topological polar surface area (TPSA) is 149 Å². The molecule has 11 heteroatoms. The smallest absolute Gasteiger partial charge is 0.457 e. The minimum atomic E-state index is -4.62. The van der Waals surface area contributed by atoms with Gasteiger partial charge in [-0.15, -0.1) is 0 Å². The van der Waals surface area contributed by atoms with Gasteiger partial charge in [-0.25, -0.2) is 4.57 Å². The van der Waals surface area contributed by atoms with E-state index < -0.39 is 58.4 Å². The summed E-state index contributed by atoms with van der Waals surface area (Å²) in [5.41, 5.74) is 0. The van der Waals surface area contributed by atoms with Crippen molar-refractivity contribution in [1.29, 1.82) is 0 Å². The number of aliphatic hydroxyl groups is 2. The molecule has 0 fully saturated rings. The zero-order valence-corrected chi connectivity index (χ0v) is 32.8. The van der Waals surface area contributed by atoms with Gasteiger partial charge in [0.2, 0.25) is 0 Å². The molecule has 3 N–H and O–H groups in total. The van der Waals surface area contributed by atoms with E-state index in [4.69, 9.17) is 18.5 Å². The third-order valence-corrected chi connectivity index (χ3v) is 9.68. The van der Waals surface area contributed by atoms with E-state index in [0.29, 0.717) is 12.8 Å². The van der Waals surface area contributed by atoms with Gasteiger partial charge in [0, 0.05) is 12.8 Å². The number of hydrogen-bond donors (Lipinski definition) is 3. The second-order valence-electron chi connectivity index (χ2n) is 13.6. The highest BCUT2D eigenvalue weighted by atomic mass is 31.2. The summed E-state index contributed by atoms with van der Waals surface area (Å²) in [6, 6.07) is 0. The van der Waals surface area contributed by atoms with Gasteiger partial charge >= 0.3 is 19.8 Å². The molecule has 0 amide bonds. The number of hydrogen-bond acceptors (Lipinski definition) is 9. The van der Waals surface area contributed by atoms with Crippen LogP contribution in [0.3, 0.4) is 0 Å². The summed E-state index contributed by atoms with van der Waals surface area (Å²) in [7, 11) is -4.62. The van der Waals surface area contributed by atoms with E-state index in [1.54, 1.807) is 0 Å². The predicted octanol–water partition coefficient (Wildman–Crippen LogP) is 10.1. The van der Waals surface area contributed by atoms with Crippen molar-refractivity contribution in [2.24, 2.45) is 0 Å². The average Bonchev–Trinajstić information content (AvgIpc) is 3.10. The van der Waals surface area contributed by atoms with Crippen LogP contribution in [-0.2, 0) is 32.7 Å². The first-order valence-electron chi connectivity index (χ1n) is 20.1. The lowest BCUT2D eigenvalue weighted by molar-refractivity contribution is -0.153. The van der Waals surface area contributed by atoms with Crippen LogP contribution >= 0.6 is 7.82 Å². The van der Waals surface area contributed by atoms with Crippen molar-refractivity contribution < 1.29 is 47.8 Å². The second kappa shape index (κ2) is 36.1. The first kappa shape index (κ1) is 48.7. The normalized spacial score (nSPS) is 14.1. The van der Waals surface area contributed by atoms with Crippen molar-refractivity contribution in [3.63, 3.8) is 0 Å². The molecule has 0 saturated carbocycles. The van der Waals surface area contributed by atoms with Crippen molar-refractivity contribution in [2.75, 3.05) is 26.4 Å². The van der Waals surface area contributed by atoms with E-state index in [9.17, 15) is 29.3 Å². The van der Waals surface area contributed by atoms with Gasteiger partial charge in [0.1, 0.15) is 12.2 Å². The Bertz CT molecular complexity index is 853. The number of rotatable bonds is 38. The molecule has 0 bridgehead atoms. The number of unbranched alkanes of at least 4 members (excludes halogenated alkanes) is 22. The van der Waals surface area contributed by atoms with Crippen LogP contribution in [0.2, 0.25) is 0 Å². The Morgan fingerprint density at radius 1 is 0.520 bits per heavy atom. The van der Waals surface area contributed by atoms with Gasteiger partial charge in [-0.05, 0) is 38.5 Å². The van der Waals surface area contributed by atoms with Crippen molar-refractivity contribution in [3.05, 3.63) is 12.2 Å². The van der Waals surface area contributed by atoms with Crippen LogP contribution in [0.4, 0.5) is 0 Å². The van der Waals surface area contributed by atoms with E-state index in [-0.39, 0.29) is 12.8 Å². The van der Waals surface area contributed by atoms with Crippen LogP contribution in [0.15, 0.2) is 12.2 Å². The fourth-order valence-corrected chi connectivity index (χ4v) is 6.36. The number of carbonyl (C=O) groups excluding carboxylic acids is 2. The number of ether oxygens (including phenoxy) is 2. The molecule has 50 heavy (non-hydrogen) atoms. The summed E-state index contributed by atoms with van der Waals surface area (Å²) < 4.78 is 32.4. The van der Waals surface area contributed by atoms with Crippen LogP contribution < -0.4 is 0 Å². The number of allylic oxidation sites excluding steroid dienone is 2. The standard InChI is InChI=1S/C39H75O10P/c1-3-5-7-9-11-13-14-15-16-17-18-19-20-21-22-23-25-27-29-31-39(43)49-37(33-41)35-47-50(44,45)46-34-36(32-40)48-38(42)30-28-26-24-12-10-8-6-4-2/h15-16,36-37,40-41H,3-14,17-35H2,1-2H3,(H,44,45)/b16-15-. The number of phosphoric acid groups is 1. The highest BCUT2D eigenvalue weighted by molar-refractivity contribution is 7.47. The third-order valence-electron chi connectivity index (χ3n) is 8.73. The Labute approximate surface area is 305 Å². The molecule has 0 aliphatic rings. The Balaban J connectivity index is 3.88. The quantitative estimate of drug-likeness (QED) is 0.0242. The SMILES string of the molecule is CCCCCCCC/C=C\CCCCCCCCCCCC(=O)OC(CO)COP(=O)(O)OCC(CO)OC(=O)CCCCCCCCCC. The molecule has 3 atom stereocenters. The van der Waals surface area contributed by atoms with E-state index in [2.05, 4.69) is 26.0 Å². The molecule has 0 radical (unpaired) electrons.